The highest BCUT2D eigenvalue weighted by atomic mass is 35.5. The van der Waals surface area contributed by atoms with Crippen molar-refractivity contribution in [2.24, 2.45) is 5.92 Å². The lowest BCUT2D eigenvalue weighted by atomic mass is 9.80. The number of halogens is 1. The van der Waals surface area contributed by atoms with Gasteiger partial charge in [0, 0.05) is 0 Å². The average molecular weight is 238 g/mol. The van der Waals surface area contributed by atoms with Crippen molar-refractivity contribution in [3.63, 3.8) is 0 Å². The number of nitrogens with one attached hydrogen (secondary N) is 1. The molecule has 3 nitrogen and oxygen atoms in total. The smallest absolute Gasteiger partial charge is 0.408 e. The van der Waals surface area contributed by atoms with Gasteiger partial charge in [-0.3, -0.25) is 4.98 Å². The van der Waals surface area contributed by atoms with Crippen LogP contribution in [0.15, 0.2) is 27.4 Å². The zero-order chi connectivity index (χ0) is 11.1. The van der Waals surface area contributed by atoms with Crippen LogP contribution in [0.2, 0.25) is 0 Å². The predicted octanol–water partition coefficient (Wildman–Crippen LogP) is 3.20. The van der Waals surface area contributed by atoms with Crippen molar-refractivity contribution < 1.29 is 4.42 Å². The second-order valence-corrected chi connectivity index (χ2v) is 4.83. The summed E-state index contributed by atoms with van der Waals surface area (Å²) in [6.07, 6.45) is 3.67. The van der Waals surface area contributed by atoms with Crippen LogP contribution in [-0.2, 0) is 0 Å². The first-order chi connectivity index (χ1) is 7.74. The van der Waals surface area contributed by atoms with Crippen molar-refractivity contribution in [2.45, 2.75) is 24.6 Å². The maximum absolute atomic E-state index is 11.0. The van der Waals surface area contributed by atoms with Crippen LogP contribution in [0.3, 0.4) is 0 Å². The van der Waals surface area contributed by atoms with Crippen molar-refractivity contribution in [1.29, 1.82) is 0 Å². The van der Waals surface area contributed by atoms with E-state index in [0.717, 1.165) is 11.1 Å². The Kier molecular flexibility index (Phi) is 2.28. The van der Waals surface area contributed by atoms with E-state index in [1.807, 2.05) is 18.2 Å². The Morgan fingerprint density at radius 3 is 2.94 bits per heavy atom. The minimum Gasteiger partial charge on any atom is -0.408 e. The molecule has 16 heavy (non-hydrogen) atoms. The highest BCUT2D eigenvalue weighted by Crippen LogP contribution is 2.42. The molecule has 2 aromatic rings. The summed E-state index contributed by atoms with van der Waals surface area (Å²) >= 11 is 6.39. The zero-order valence-corrected chi connectivity index (χ0v) is 9.46. The van der Waals surface area contributed by atoms with Crippen LogP contribution in [0, 0.1) is 5.92 Å². The van der Waals surface area contributed by atoms with Crippen LogP contribution in [0.25, 0.3) is 11.1 Å². The molecular formula is C12H12ClNO2. The van der Waals surface area contributed by atoms with Gasteiger partial charge in [0.05, 0.1) is 10.9 Å². The van der Waals surface area contributed by atoms with Crippen molar-refractivity contribution in [1.82, 2.24) is 4.98 Å². The Morgan fingerprint density at radius 1 is 1.44 bits per heavy atom. The van der Waals surface area contributed by atoms with Crippen molar-refractivity contribution >= 4 is 22.7 Å². The number of benzene rings is 1. The van der Waals surface area contributed by atoms with E-state index in [-0.39, 0.29) is 5.38 Å². The molecule has 1 aromatic heterocycles. The molecule has 1 atom stereocenters. The topological polar surface area (TPSA) is 46.0 Å². The first-order valence-corrected chi connectivity index (χ1v) is 5.94. The van der Waals surface area contributed by atoms with Gasteiger partial charge in [-0.1, -0.05) is 12.5 Å². The molecule has 1 fully saturated rings. The number of rotatable bonds is 2. The van der Waals surface area contributed by atoms with Crippen LogP contribution >= 0.6 is 11.6 Å². The Labute approximate surface area is 97.4 Å². The molecule has 1 saturated carbocycles. The summed E-state index contributed by atoms with van der Waals surface area (Å²) in [4.78, 5) is 13.6. The number of fused-ring (bicyclic) bond motifs is 1. The molecule has 4 heteroatoms. The van der Waals surface area contributed by atoms with Crippen molar-refractivity contribution in [3.8, 4) is 0 Å². The van der Waals surface area contributed by atoms with Crippen molar-refractivity contribution in [2.75, 3.05) is 0 Å². The highest BCUT2D eigenvalue weighted by Gasteiger charge is 2.27. The Bertz CT molecular complexity index is 568. The summed E-state index contributed by atoms with van der Waals surface area (Å²) in [5, 5.41) is 0.0401. The second kappa shape index (κ2) is 3.67. The molecule has 1 heterocycles. The second-order valence-electron chi connectivity index (χ2n) is 4.36. The fourth-order valence-electron chi connectivity index (χ4n) is 2.14. The van der Waals surface area contributed by atoms with Gasteiger partial charge in [0.1, 0.15) is 0 Å². The largest absolute Gasteiger partial charge is 0.417 e. The first-order valence-electron chi connectivity index (χ1n) is 5.51. The third-order valence-corrected chi connectivity index (χ3v) is 3.94. The van der Waals surface area contributed by atoms with E-state index < -0.39 is 5.76 Å². The van der Waals surface area contributed by atoms with Gasteiger partial charge in [0.25, 0.3) is 0 Å². The average Bonchev–Trinajstić information content (AvgIpc) is 2.53. The van der Waals surface area contributed by atoms with Gasteiger partial charge in [-0.2, -0.15) is 0 Å². The van der Waals surface area contributed by atoms with Crippen LogP contribution in [0.1, 0.15) is 30.2 Å². The minimum absolute atomic E-state index is 0.0401. The summed E-state index contributed by atoms with van der Waals surface area (Å²) < 4.78 is 5.02. The quantitative estimate of drug-likeness (QED) is 0.816. The number of aromatic nitrogens is 1. The fourth-order valence-corrected chi connectivity index (χ4v) is 2.53. The van der Waals surface area contributed by atoms with E-state index in [1.165, 1.54) is 19.3 Å². The Hall–Kier alpha value is -1.22. The summed E-state index contributed by atoms with van der Waals surface area (Å²) in [6, 6.07) is 5.68. The monoisotopic (exact) mass is 237 g/mol. The van der Waals surface area contributed by atoms with Gasteiger partial charge in [-0.15, -0.1) is 11.6 Å². The summed E-state index contributed by atoms with van der Waals surface area (Å²) in [7, 11) is 0. The Balaban J connectivity index is 2.00. The third-order valence-electron chi connectivity index (χ3n) is 3.33. The SMILES string of the molecule is O=c1[nH]c2ccc(C(Cl)C3CCC3)cc2o1. The van der Waals surface area contributed by atoms with E-state index >= 15 is 0 Å². The van der Waals surface area contributed by atoms with Crippen LogP contribution in [0.5, 0.6) is 0 Å². The maximum Gasteiger partial charge on any atom is 0.417 e. The molecule has 1 aromatic carbocycles. The minimum atomic E-state index is -0.415. The molecule has 0 amide bonds. The molecule has 1 N–H and O–H groups in total. The molecular weight excluding hydrogens is 226 g/mol. The third kappa shape index (κ3) is 1.55. The van der Waals surface area contributed by atoms with E-state index in [9.17, 15) is 4.79 Å². The van der Waals surface area contributed by atoms with Crippen LogP contribution in [0.4, 0.5) is 0 Å². The van der Waals surface area contributed by atoms with E-state index in [1.54, 1.807) is 0 Å². The molecule has 0 bridgehead atoms. The van der Waals surface area contributed by atoms with Gasteiger partial charge in [-0.05, 0) is 36.5 Å². The fraction of sp³-hybridized carbons (Fsp3) is 0.417. The lowest BCUT2D eigenvalue weighted by molar-refractivity contribution is 0.305. The number of hydrogen-bond donors (Lipinski definition) is 1. The summed E-state index contributed by atoms with van der Waals surface area (Å²) in [6.45, 7) is 0. The lowest BCUT2D eigenvalue weighted by Crippen LogP contribution is -2.16. The normalized spacial score (nSPS) is 18.6. The standard InChI is InChI=1S/C12H12ClNO2/c13-11(7-2-1-3-7)8-4-5-9-10(6-8)16-12(15)14-9/h4-7,11H,1-3H2,(H,14,15). The highest BCUT2D eigenvalue weighted by molar-refractivity contribution is 6.21. The Morgan fingerprint density at radius 2 is 2.25 bits per heavy atom. The number of hydrogen-bond acceptors (Lipinski definition) is 2. The molecule has 0 aliphatic heterocycles. The van der Waals surface area contributed by atoms with E-state index in [0.29, 0.717) is 11.5 Å². The molecule has 1 unspecified atom stereocenters. The van der Waals surface area contributed by atoms with Gasteiger partial charge in [0.2, 0.25) is 0 Å². The first kappa shape index (κ1) is 9.97. The van der Waals surface area contributed by atoms with Gasteiger partial charge in [-0.25, -0.2) is 4.79 Å². The van der Waals surface area contributed by atoms with Gasteiger partial charge in [0.15, 0.2) is 5.58 Å². The number of alkyl halides is 1. The molecule has 0 saturated heterocycles. The van der Waals surface area contributed by atoms with E-state index in [4.69, 9.17) is 16.0 Å². The number of aromatic amines is 1. The molecule has 0 spiro atoms. The lowest BCUT2D eigenvalue weighted by Gasteiger charge is -2.29. The molecule has 84 valence electrons. The van der Waals surface area contributed by atoms with Crippen LogP contribution in [-0.4, -0.2) is 4.98 Å². The maximum atomic E-state index is 11.0. The molecule has 1 aliphatic carbocycles. The molecule has 0 radical (unpaired) electrons. The number of H-pyrrole nitrogens is 1. The van der Waals surface area contributed by atoms with E-state index in [2.05, 4.69) is 4.98 Å². The van der Waals surface area contributed by atoms with Gasteiger partial charge < -0.3 is 4.42 Å². The summed E-state index contributed by atoms with van der Waals surface area (Å²) in [5.41, 5.74) is 2.36. The van der Waals surface area contributed by atoms with Crippen LogP contribution < -0.4 is 5.76 Å². The summed E-state index contributed by atoms with van der Waals surface area (Å²) in [5.74, 6) is 0.159. The predicted molar refractivity (Wildman–Crippen MR) is 62.8 cm³/mol. The van der Waals surface area contributed by atoms with Crippen molar-refractivity contribution in [3.05, 3.63) is 34.3 Å². The number of oxazole rings is 1. The molecule has 3 rings (SSSR count). The van der Waals surface area contributed by atoms with Gasteiger partial charge >= 0.3 is 5.76 Å². The zero-order valence-electron chi connectivity index (χ0n) is 8.70. The molecule has 1 aliphatic rings.